The highest BCUT2D eigenvalue weighted by Crippen LogP contribution is 1.99. The fourth-order valence-corrected chi connectivity index (χ4v) is 1.60. The molecule has 0 saturated heterocycles. The average molecular weight is 347 g/mol. The maximum Gasteiger partial charge on any atom is 0.407 e. The van der Waals surface area contributed by atoms with Crippen molar-refractivity contribution in [1.29, 1.82) is 0 Å². The average Bonchev–Trinajstić information content (AvgIpc) is 2.54. The maximum absolute atomic E-state index is 11.7. The Kier molecular flexibility index (Phi) is 13.1. The summed E-state index contributed by atoms with van der Waals surface area (Å²) in [5, 5.41) is 7.50. The zero-order chi connectivity index (χ0) is 18.2. The minimum atomic E-state index is -0.888. The lowest BCUT2D eigenvalue weighted by molar-refractivity contribution is 0.00753. The number of carbonyl (C=O) groups excluding carboxylic acids is 3. The molecule has 0 aromatic rings. The summed E-state index contributed by atoms with van der Waals surface area (Å²) in [6.07, 6.45) is 0.0994. The molecule has 9 nitrogen and oxygen atoms in total. The standard InChI is InChI=1S/C15H29N3O6/c1-4-7-8-9-18-15(21)24-12(10-22-13(19)16-5-2)11-23-14(20)17-6-3/h12H,4-11H2,1-3H3,(H,16,19)(H,17,20)(H,18,21). The number of ether oxygens (including phenoxy) is 3. The molecule has 3 amide bonds. The van der Waals surface area contributed by atoms with Crippen molar-refractivity contribution in [2.24, 2.45) is 0 Å². The second-order valence-electron chi connectivity index (χ2n) is 4.92. The van der Waals surface area contributed by atoms with Crippen molar-refractivity contribution in [2.45, 2.75) is 46.1 Å². The van der Waals surface area contributed by atoms with Gasteiger partial charge in [-0.05, 0) is 20.3 Å². The van der Waals surface area contributed by atoms with Crippen molar-refractivity contribution >= 4 is 18.3 Å². The summed E-state index contributed by atoms with van der Waals surface area (Å²) in [7, 11) is 0. The van der Waals surface area contributed by atoms with Crippen LogP contribution in [0.5, 0.6) is 0 Å². The fraction of sp³-hybridized carbons (Fsp3) is 0.800. The van der Waals surface area contributed by atoms with E-state index in [0.29, 0.717) is 19.6 Å². The van der Waals surface area contributed by atoms with Crippen molar-refractivity contribution in [3.8, 4) is 0 Å². The Bertz CT molecular complexity index is 356. The Morgan fingerprint density at radius 3 is 1.79 bits per heavy atom. The molecule has 0 unspecified atom stereocenters. The number of nitrogens with one attached hydrogen (secondary N) is 3. The first-order valence-corrected chi connectivity index (χ1v) is 8.29. The molecule has 0 bridgehead atoms. The molecule has 24 heavy (non-hydrogen) atoms. The predicted molar refractivity (Wildman–Crippen MR) is 87.8 cm³/mol. The SMILES string of the molecule is CCCCCNC(=O)OC(COC(=O)NCC)COC(=O)NCC. The Labute approximate surface area is 142 Å². The quantitative estimate of drug-likeness (QED) is 0.387. The van der Waals surface area contributed by atoms with Crippen molar-refractivity contribution in [3.63, 3.8) is 0 Å². The maximum atomic E-state index is 11.7. The normalized spacial score (nSPS) is 10.0. The Balaban J connectivity index is 4.30. The second kappa shape index (κ2) is 14.4. The highest BCUT2D eigenvalue weighted by molar-refractivity contribution is 5.68. The lowest BCUT2D eigenvalue weighted by Gasteiger charge is -2.18. The van der Waals surface area contributed by atoms with Gasteiger partial charge in [0.1, 0.15) is 13.2 Å². The van der Waals surface area contributed by atoms with Gasteiger partial charge in [-0.25, -0.2) is 14.4 Å². The smallest absolute Gasteiger partial charge is 0.407 e. The molecule has 140 valence electrons. The van der Waals surface area contributed by atoms with Crippen molar-refractivity contribution < 1.29 is 28.6 Å². The molecule has 0 aromatic carbocycles. The fourth-order valence-electron chi connectivity index (χ4n) is 1.60. The largest absolute Gasteiger partial charge is 0.445 e. The van der Waals surface area contributed by atoms with Gasteiger partial charge in [-0.1, -0.05) is 19.8 Å². The molecule has 0 aromatic heterocycles. The van der Waals surface area contributed by atoms with Crippen LogP contribution in [-0.2, 0) is 14.2 Å². The number of amides is 3. The van der Waals surface area contributed by atoms with Crippen LogP contribution >= 0.6 is 0 Å². The summed E-state index contributed by atoms with van der Waals surface area (Å²) in [5.74, 6) is 0. The van der Waals surface area contributed by atoms with E-state index in [9.17, 15) is 14.4 Å². The molecule has 0 fully saturated rings. The van der Waals surface area contributed by atoms with Gasteiger partial charge in [0.25, 0.3) is 0 Å². The third-order valence-electron chi connectivity index (χ3n) is 2.77. The van der Waals surface area contributed by atoms with Gasteiger partial charge in [0.15, 0.2) is 6.10 Å². The van der Waals surface area contributed by atoms with Crippen LogP contribution in [0.4, 0.5) is 14.4 Å². The zero-order valence-corrected chi connectivity index (χ0v) is 14.7. The third kappa shape index (κ3) is 12.4. The zero-order valence-electron chi connectivity index (χ0n) is 14.7. The van der Waals surface area contributed by atoms with Crippen molar-refractivity contribution in [3.05, 3.63) is 0 Å². The molecule has 0 atom stereocenters. The minimum Gasteiger partial charge on any atom is -0.445 e. The first-order valence-electron chi connectivity index (χ1n) is 8.29. The van der Waals surface area contributed by atoms with Gasteiger partial charge in [-0.3, -0.25) is 0 Å². The predicted octanol–water partition coefficient (Wildman–Crippen LogP) is 1.76. The van der Waals surface area contributed by atoms with Crippen molar-refractivity contribution in [1.82, 2.24) is 16.0 Å². The molecule has 0 radical (unpaired) electrons. The molecule has 3 N–H and O–H groups in total. The number of unbranched alkanes of at least 4 members (excludes halogenated alkanes) is 2. The van der Waals surface area contributed by atoms with Gasteiger partial charge in [0.05, 0.1) is 0 Å². The van der Waals surface area contributed by atoms with Gasteiger partial charge < -0.3 is 30.2 Å². The highest BCUT2D eigenvalue weighted by Gasteiger charge is 2.19. The number of hydrogen-bond acceptors (Lipinski definition) is 6. The van der Waals surface area contributed by atoms with Crippen LogP contribution in [-0.4, -0.2) is 57.2 Å². The van der Waals surface area contributed by atoms with E-state index in [1.807, 2.05) is 0 Å². The molecule has 0 saturated carbocycles. The number of carbonyl (C=O) groups is 3. The van der Waals surface area contributed by atoms with Crippen LogP contribution in [0.25, 0.3) is 0 Å². The first kappa shape index (κ1) is 21.8. The monoisotopic (exact) mass is 347 g/mol. The summed E-state index contributed by atoms with van der Waals surface area (Å²) in [5.41, 5.74) is 0. The first-order chi connectivity index (χ1) is 11.5. The van der Waals surface area contributed by atoms with Crippen LogP contribution in [0.3, 0.4) is 0 Å². The molecule has 0 aliphatic carbocycles. The summed E-state index contributed by atoms with van der Waals surface area (Å²) in [4.78, 5) is 34.3. The topological polar surface area (TPSA) is 115 Å². The number of hydrogen-bond donors (Lipinski definition) is 3. The van der Waals surface area contributed by atoms with Gasteiger partial charge >= 0.3 is 18.3 Å². The van der Waals surface area contributed by atoms with Crippen molar-refractivity contribution in [2.75, 3.05) is 32.8 Å². The van der Waals surface area contributed by atoms with E-state index in [1.165, 1.54) is 0 Å². The Morgan fingerprint density at radius 1 is 0.792 bits per heavy atom. The Morgan fingerprint density at radius 2 is 1.33 bits per heavy atom. The van der Waals surface area contributed by atoms with Gasteiger partial charge in [-0.2, -0.15) is 0 Å². The summed E-state index contributed by atoms with van der Waals surface area (Å²) in [6, 6.07) is 0. The van der Waals surface area contributed by atoms with E-state index in [-0.39, 0.29) is 13.2 Å². The molecule has 0 heterocycles. The van der Waals surface area contributed by atoms with E-state index in [2.05, 4.69) is 22.9 Å². The summed E-state index contributed by atoms with van der Waals surface area (Å²) in [6.45, 7) is 6.45. The Hall–Kier alpha value is -2.19. The van der Waals surface area contributed by atoms with E-state index in [4.69, 9.17) is 14.2 Å². The molecule has 0 spiro atoms. The van der Waals surface area contributed by atoms with Gasteiger partial charge in [0.2, 0.25) is 0 Å². The lowest BCUT2D eigenvalue weighted by atomic mass is 10.2. The molecular formula is C15H29N3O6. The van der Waals surface area contributed by atoms with Gasteiger partial charge in [0, 0.05) is 19.6 Å². The molecule has 0 aliphatic heterocycles. The van der Waals surface area contributed by atoms with E-state index in [1.54, 1.807) is 13.8 Å². The molecule has 9 heteroatoms. The van der Waals surface area contributed by atoms with E-state index >= 15 is 0 Å². The molecule has 0 aliphatic rings. The number of rotatable bonds is 11. The van der Waals surface area contributed by atoms with Crippen LogP contribution in [0.1, 0.15) is 40.0 Å². The highest BCUT2D eigenvalue weighted by atomic mass is 16.6. The summed E-state index contributed by atoms with van der Waals surface area (Å²) >= 11 is 0. The molecular weight excluding hydrogens is 318 g/mol. The van der Waals surface area contributed by atoms with Crippen LogP contribution in [0.15, 0.2) is 0 Å². The van der Waals surface area contributed by atoms with E-state index < -0.39 is 24.4 Å². The van der Waals surface area contributed by atoms with Crippen LogP contribution in [0.2, 0.25) is 0 Å². The van der Waals surface area contributed by atoms with Gasteiger partial charge in [-0.15, -0.1) is 0 Å². The summed E-state index contributed by atoms with van der Waals surface area (Å²) < 4.78 is 15.0. The lowest BCUT2D eigenvalue weighted by Crippen LogP contribution is -2.38. The third-order valence-corrected chi connectivity index (χ3v) is 2.77. The second-order valence-corrected chi connectivity index (χ2v) is 4.92. The molecule has 0 rings (SSSR count). The van der Waals surface area contributed by atoms with Crippen LogP contribution < -0.4 is 16.0 Å². The minimum absolute atomic E-state index is 0.215. The van der Waals surface area contributed by atoms with Crippen LogP contribution in [0, 0.1) is 0 Å². The number of alkyl carbamates (subject to hydrolysis) is 3. The van der Waals surface area contributed by atoms with E-state index in [0.717, 1.165) is 19.3 Å².